The maximum Gasteiger partial charge on any atom is 0.573 e. The quantitative estimate of drug-likeness (QED) is 0.206. The highest BCUT2D eigenvalue weighted by molar-refractivity contribution is 8.15. The lowest BCUT2D eigenvalue weighted by molar-refractivity contribution is -0.274. The van der Waals surface area contributed by atoms with Crippen LogP contribution >= 0.6 is 11.8 Å². The van der Waals surface area contributed by atoms with Crippen LogP contribution in [0.2, 0.25) is 0 Å². The summed E-state index contributed by atoms with van der Waals surface area (Å²) in [6.07, 6.45) is -0.969. The lowest BCUT2D eigenvalue weighted by atomic mass is 10.0. The van der Waals surface area contributed by atoms with E-state index >= 15 is 0 Å². The van der Waals surface area contributed by atoms with Gasteiger partial charge in [-0.3, -0.25) is 9.69 Å². The number of hydrogen-bond acceptors (Lipinski definition) is 6. The van der Waals surface area contributed by atoms with Crippen LogP contribution in [0.25, 0.3) is 17.1 Å². The highest BCUT2D eigenvalue weighted by atomic mass is 32.2. The van der Waals surface area contributed by atoms with Gasteiger partial charge in [-0.05, 0) is 66.8 Å². The highest BCUT2D eigenvalue weighted by Crippen LogP contribution is 2.32. The zero-order valence-corrected chi connectivity index (χ0v) is 25.7. The highest BCUT2D eigenvalue weighted by Gasteiger charge is 2.32. The zero-order valence-electron chi connectivity index (χ0n) is 24.8. The molecule has 1 aliphatic heterocycles. The molecule has 4 aromatic rings. The molecule has 1 aliphatic rings. The molecule has 0 spiro atoms. The number of carbonyl (C=O) groups excluding carboxylic acids is 2. The lowest BCUT2D eigenvalue weighted by Gasteiger charge is -2.21. The maximum atomic E-state index is 13.1. The Bertz CT molecular complexity index is 1700. The number of carbonyl (C=O) groups is 2. The number of thioether (sulfide) groups is 1. The first-order valence-electron chi connectivity index (χ1n) is 14.4. The monoisotopic (exact) mass is 636 g/mol. The summed E-state index contributed by atoms with van der Waals surface area (Å²) in [7, 11) is 0. The van der Waals surface area contributed by atoms with Crippen molar-refractivity contribution in [2.75, 3.05) is 10.7 Å². The number of halogens is 3. The van der Waals surface area contributed by atoms with Crippen molar-refractivity contribution in [3.8, 4) is 22.8 Å². The van der Waals surface area contributed by atoms with Crippen LogP contribution in [0.5, 0.6) is 5.75 Å². The van der Waals surface area contributed by atoms with Crippen molar-refractivity contribution in [2.45, 2.75) is 52.4 Å². The molecular weight excluding hydrogens is 605 g/mol. The number of anilines is 1. The van der Waals surface area contributed by atoms with E-state index in [1.807, 2.05) is 56.3 Å². The molecule has 1 atom stereocenters. The number of amidine groups is 1. The number of benzene rings is 3. The van der Waals surface area contributed by atoms with E-state index in [4.69, 9.17) is 0 Å². The zero-order chi connectivity index (χ0) is 32.1. The van der Waals surface area contributed by atoms with Gasteiger partial charge in [-0.1, -0.05) is 68.4 Å². The number of hydrogen-bond donors (Lipinski definition) is 1. The molecule has 1 N–H and O–H groups in total. The number of aliphatic imine (C=N–C) groups is 1. The minimum absolute atomic E-state index is 0.110. The van der Waals surface area contributed by atoms with Gasteiger partial charge < -0.3 is 10.1 Å². The van der Waals surface area contributed by atoms with Gasteiger partial charge >= 0.3 is 12.4 Å². The standard InChI is InChI=1S/C32H31F3N6O3S/c1-4-6-22-8-7-20(3)17-27(22)41-28(42)18-45-31(41)38-30(43)37-26(5-2)21-9-11-23(12-10-21)29-36-19-40(39-29)24-13-15-25(16-14-24)44-32(33,34)35/h7-17,19,26H,4-6,18H2,1-3H3,(H,37,43). The maximum absolute atomic E-state index is 13.1. The van der Waals surface area contributed by atoms with Crippen LogP contribution in [0.15, 0.2) is 78.0 Å². The van der Waals surface area contributed by atoms with Gasteiger partial charge in [0.2, 0.25) is 5.91 Å². The normalized spacial score (nSPS) is 15.0. The number of nitrogens with zero attached hydrogens (tertiary/aromatic N) is 5. The second-order valence-corrected chi connectivity index (χ2v) is 11.3. The molecule has 9 nitrogen and oxygen atoms in total. The summed E-state index contributed by atoms with van der Waals surface area (Å²) >= 11 is 1.25. The number of amides is 3. The van der Waals surface area contributed by atoms with E-state index in [1.165, 1.54) is 47.0 Å². The molecule has 2 heterocycles. The molecule has 1 aromatic heterocycles. The van der Waals surface area contributed by atoms with Crippen molar-refractivity contribution >= 4 is 34.6 Å². The molecule has 3 amide bonds. The van der Waals surface area contributed by atoms with Crippen LogP contribution in [-0.2, 0) is 11.2 Å². The molecule has 5 rings (SSSR count). The predicted molar refractivity (Wildman–Crippen MR) is 168 cm³/mol. The summed E-state index contributed by atoms with van der Waals surface area (Å²) in [6.45, 7) is 5.99. The van der Waals surface area contributed by atoms with Gasteiger partial charge in [0.15, 0.2) is 11.0 Å². The number of alkyl halides is 3. The lowest BCUT2D eigenvalue weighted by Crippen LogP contribution is -2.33. The Balaban J connectivity index is 1.27. The first-order valence-corrected chi connectivity index (χ1v) is 15.4. The van der Waals surface area contributed by atoms with Crippen LogP contribution in [0.4, 0.5) is 23.7 Å². The molecule has 0 saturated carbocycles. The van der Waals surface area contributed by atoms with Crippen molar-refractivity contribution in [2.24, 2.45) is 4.99 Å². The minimum Gasteiger partial charge on any atom is -0.406 e. The molecule has 1 unspecified atom stereocenters. The fourth-order valence-corrected chi connectivity index (χ4v) is 5.78. The summed E-state index contributed by atoms with van der Waals surface area (Å²) in [4.78, 5) is 36.1. The first-order chi connectivity index (χ1) is 21.5. The van der Waals surface area contributed by atoms with Gasteiger partial charge in [-0.2, -0.15) is 4.99 Å². The molecule has 0 aliphatic carbocycles. The third-order valence-corrected chi connectivity index (χ3v) is 7.99. The van der Waals surface area contributed by atoms with Crippen molar-refractivity contribution in [1.82, 2.24) is 20.1 Å². The number of rotatable bonds is 9. The van der Waals surface area contributed by atoms with Gasteiger partial charge in [-0.15, -0.1) is 18.3 Å². The number of urea groups is 1. The number of aryl methyl sites for hydroxylation is 2. The Morgan fingerprint density at radius 3 is 2.49 bits per heavy atom. The fourth-order valence-electron chi connectivity index (χ4n) is 4.92. The Morgan fingerprint density at radius 2 is 1.82 bits per heavy atom. The predicted octanol–water partition coefficient (Wildman–Crippen LogP) is 7.39. The third-order valence-electron chi connectivity index (χ3n) is 7.07. The molecule has 234 valence electrons. The Kier molecular flexibility index (Phi) is 9.57. The van der Waals surface area contributed by atoms with Gasteiger partial charge in [0.05, 0.1) is 23.2 Å². The van der Waals surface area contributed by atoms with Gasteiger partial charge in [0, 0.05) is 5.56 Å². The van der Waals surface area contributed by atoms with E-state index in [0.717, 1.165) is 35.2 Å². The molecular formula is C32H31F3N6O3S. The van der Waals surface area contributed by atoms with Crippen LogP contribution in [0.1, 0.15) is 49.4 Å². The molecule has 45 heavy (non-hydrogen) atoms. The van der Waals surface area contributed by atoms with Crippen LogP contribution in [-0.4, -0.2) is 44.0 Å². The van der Waals surface area contributed by atoms with Crippen molar-refractivity contribution < 1.29 is 27.5 Å². The fraction of sp³-hybridized carbons (Fsp3) is 0.281. The van der Waals surface area contributed by atoms with E-state index in [9.17, 15) is 22.8 Å². The Morgan fingerprint density at radius 1 is 1.09 bits per heavy atom. The summed E-state index contributed by atoms with van der Waals surface area (Å²) in [5.74, 6) is 0.195. The van der Waals surface area contributed by atoms with Gasteiger partial charge in [-0.25, -0.2) is 14.5 Å². The Hall–Kier alpha value is -4.65. The first kappa shape index (κ1) is 31.8. The van der Waals surface area contributed by atoms with E-state index < -0.39 is 12.4 Å². The number of nitrogens with one attached hydrogen (secondary N) is 1. The summed E-state index contributed by atoms with van der Waals surface area (Å²) < 4.78 is 42.7. The smallest absolute Gasteiger partial charge is 0.406 e. The van der Waals surface area contributed by atoms with E-state index in [0.29, 0.717) is 28.7 Å². The summed E-state index contributed by atoms with van der Waals surface area (Å²) in [5, 5.41) is 7.75. The topological polar surface area (TPSA) is 102 Å². The minimum atomic E-state index is -4.77. The molecule has 3 aromatic carbocycles. The van der Waals surface area contributed by atoms with Crippen molar-refractivity contribution in [1.29, 1.82) is 0 Å². The second-order valence-electron chi connectivity index (χ2n) is 10.4. The number of ether oxygens (including phenoxy) is 1. The van der Waals surface area contributed by atoms with Crippen molar-refractivity contribution in [3.63, 3.8) is 0 Å². The SMILES string of the molecule is CCCc1ccc(C)cc1N1C(=O)CSC1=NC(=O)NC(CC)c1ccc(-c2ncn(-c3ccc(OC(F)(F)F)cc3)n2)cc1. The van der Waals surface area contributed by atoms with E-state index in [2.05, 4.69) is 32.1 Å². The average Bonchev–Trinajstić information content (AvgIpc) is 3.64. The average molecular weight is 637 g/mol. The molecule has 13 heteroatoms. The molecule has 0 bridgehead atoms. The second kappa shape index (κ2) is 13.6. The van der Waals surface area contributed by atoms with Gasteiger partial charge in [0.1, 0.15) is 12.1 Å². The molecule has 0 radical (unpaired) electrons. The van der Waals surface area contributed by atoms with Crippen LogP contribution in [0.3, 0.4) is 0 Å². The molecule has 1 saturated heterocycles. The largest absolute Gasteiger partial charge is 0.573 e. The van der Waals surface area contributed by atoms with Gasteiger partial charge in [0.25, 0.3) is 0 Å². The van der Waals surface area contributed by atoms with E-state index in [-0.39, 0.29) is 23.5 Å². The molecule has 1 fully saturated rings. The summed E-state index contributed by atoms with van der Waals surface area (Å²) in [5.41, 5.74) is 4.90. The van der Waals surface area contributed by atoms with E-state index in [1.54, 1.807) is 4.90 Å². The van der Waals surface area contributed by atoms with Crippen molar-refractivity contribution in [3.05, 3.63) is 89.7 Å². The Labute approximate surface area is 262 Å². The van der Waals surface area contributed by atoms with Crippen LogP contribution < -0.4 is 15.0 Å². The summed E-state index contributed by atoms with van der Waals surface area (Å²) in [6, 6.07) is 17.8. The number of aromatic nitrogens is 3. The van der Waals surface area contributed by atoms with Crippen LogP contribution in [0, 0.1) is 6.92 Å². The third kappa shape index (κ3) is 7.72.